The first-order chi connectivity index (χ1) is 21.5. The Morgan fingerprint density at radius 3 is 2.36 bits per heavy atom. The Balaban J connectivity index is 1.55. The highest BCUT2D eigenvalue weighted by Crippen LogP contribution is 2.47. The van der Waals surface area contributed by atoms with E-state index < -0.39 is 52.3 Å². The number of halogens is 5. The van der Waals surface area contributed by atoms with Crippen molar-refractivity contribution in [2.75, 3.05) is 0 Å². The summed E-state index contributed by atoms with van der Waals surface area (Å²) in [4.78, 5) is 25.8. The molecule has 1 aliphatic rings. The maximum absolute atomic E-state index is 15.0. The number of carbonyl (C=O) groups is 2. The van der Waals surface area contributed by atoms with Gasteiger partial charge in [-0.1, -0.05) is 61.5 Å². The molecule has 0 N–H and O–H groups in total. The molecule has 2 unspecified atom stereocenters. The van der Waals surface area contributed by atoms with E-state index in [1.54, 1.807) is 48.5 Å². The Morgan fingerprint density at radius 1 is 0.956 bits per heavy atom. The fourth-order valence-corrected chi connectivity index (χ4v) is 5.85. The summed E-state index contributed by atoms with van der Waals surface area (Å²) in [6.45, 7) is 1.93. The van der Waals surface area contributed by atoms with E-state index >= 15 is 4.39 Å². The van der Waals surface area contributed by atoms with Crippen LogP contribution in [-0.2, 0) is 19.2 Å². The van der Waals surface area contributed by atoms with Gasteiger partial charge in [0, 0.05) is 17.4 Å². The predicted molar refractivity (Wildman–Crippen MR) is 157 cm³/mol. The SMILES string of the molecule is CCc1c(OCc2cccc(C(=O)C#N)c2)cccc1C1CC(c2ccc(F)cc2)=CC1C(=O)c1c(F)cccc1C(F)(F)F. The van der Waals surface area contributed by atoms with Crippen LogP contribution in [0.2, 0.25) is 0 Å². The number of nitriles is 1. The number of carbonyl (C=O) groups excluding carboxylic acids is 2. The third-order valence-electron chi connectivity index (χ3n) is 7.94. The predicted octanol–water partition coefficient (Wildman–Crippen LogP) is 8.90. The van der Waals surface area contributed by atoms with E-state index in [1.165, 1.54) is 30.3 Å². The second-order valence-corrected chi connectivity index (χ2v) is 10.7. The zero-order valence-electron chi connectivity index (χ0n) is 24.0. The van der Waals surface area contributed by atoms with Gasteiger partial charge < -0.3 is 4.74 Å². The first-order valence-electron chi connectivity index (χ1n) is 14.2. The van der Waals surface area contributed by atoms with Crippen LogP contribution in [0.5, 0.6) is 5.75 Å². The fraction of sp³-hybridized carbons (Fsp3) is 0.194. The molecule has 0 spiro atoms. The van der Waals surface area contributed by atoms with Crippen molar-refractivity contribution in [3.05, 3.63) is 142 Å². The van der Waals surface area contributed by atoms with E-state index in [-0.39, 0.29) is 18.6 Å². The van der Waals surface area contributed by atoms with Crippen molar-refractivity contribution in [2.24, 2.45) is 5.92 Å². The van der Waals surface area contributed by atoms with Gasteiger partial charge in [0.15, 0.2) is 5.78 Å². The van der Waals surface area contributed by atoms with E-state index in [0.717, 1.165) is 12.1 Å². The quantitative estimate of drug-likeness (QED) is 0.107. The highest BCUT2D eigenvalue weighted by atomic mass is 19.4. The van der Waals surface area contributed by atoms with Crippen LogP contribution in [0.25, 0.3) is 5.57 Å². The first-order valence-corrected chi connectivity index (χ1v) is 14.2. The average Bonchev–Trinajstić information content (AvgIpc) is 3.48. The number of hydrogen-bond acceptors (Lipinski definition) is 4. The highest BCUT2D eigenvalue weighted by molar-refractivity contribution is 6.07. The molecule has 5 rings (SSSR count). The van der Waals surface area contributed by atoms with Crippen molar-refractivity contribution in [3.63, 3.8) is 0 Å². The van der Waals surface area contributed by atoms with Crippen LogP contribution in [0.4, 0.5) is 22.0 Å². The summed E-state index contributed by atoms with van der Waals surface area (Å²) in [5.74, 6) is -4.78. The second-order valence-electron chi connectivity index (χ2n) is 10.7. The molecule has 4 nitrogen and oxygen atoms in total. The van der Waals surface area contributed by atoms with Gasteiger partial charge in [-0.25, -0.2) is 8.78 Å². The van der Waals surface area contributed by atoms with Crippen LogP contribution < -0.4 is 4.74 Å². The normalized spacial score (nSPS) is 16.2. The topological polar surface area (TPSA) is 67.2 Å². The number of ketones is 2. The van der Waals surface area contributed by atoms with E-state index in [9.17, 15) is 27.2 Å². The van der Waals surface area contributed by atoms with Gasteiger partial charge in [-0.2, -0.15) is 18.4 Å². The lowest BCUT2D eigenvalue weighted by molar-refractivity contribution is -0.138. The lowest BCUT2D eigenvalue weighted by Gasteiger charge is -2.24. The van der Waals surface area contributed by atoms with Crippen molar-refractivity contribution >= 4 is 17.1 Å². The molecule has 0 amide bonds. The van der Waals surface area contributed by atoms with Gasteiger partial charge in [0.2, 0.25) is 0 Å². The van der Waals surface area contributed by atoms with Crippen LogP contribution in [0, 0.1) is 28.9 Å². The third-order valence-corrected chi connectivity index (χ3v) is 7.94. The molecular weight excluding hydrogens is 589 g/mol. The molecule has 2 atom stereocenters. The number of alkyl halides is 3. The molecule has 0 bridgehead atoms. The Bertz CT molecular complexity index is 1840. The smallest absolute Gasteiger partial charge is 0.417 e. The molecule has 0 heterocycles. The minimum absolute atomic E-state index is 0.0548. The second kappa shape index (κ2) is 12.9. The molecule has 0 radical (unpaired) electrons. The maximum atomic E-state index is 15.0. The van der Waals surface area contributed by atoms with Crippen LogP contribution in [0.3, 0.4) is 0 Å². The minimum atomic E-state index is -4.96. The van der Waals surface area contributed by atoms with E-state index in [0.29, 0.717) is 46.1 Å². The zero-order chi connectivity index (χ0) is 32.3. The third kappa shape index (κ3) is 6.55. The van der Waals surface area contributed by atoms with Gasteiger partial charge in [0.25, 0.3) is 5.78 Å². The summed E-state index contributed by atoms with van der Waals surface area (Å²) in [5.41, 5.74) is 1.07. The van der Waals surface area contributed by atoms with Crippen LogP contribution in [0.1, 0.15) is 67.8 Å². The minimum Gasteiger partial charge on any atom is -0.489 e. The molecule has 1 aliphatic carbocycles. The molecule has 0 aliphatic heterocycles. The maximum Gasteiger partial charge on any atom is 0.417 e. The zero-order valence-corrected chi connectivity index (χ0v) is 24.0. The van der Waals surface area contributed by atoms with Gasteiger partial charge in [0.1, 0.15) is 30.1 Å². The van der Waals surface area contributed by atoms with Gasteiger partial charge >= 0.3 is 6.18 Å². The molecule has 0 saturated carbocycles. The molecular formula is C36H26F5NO3. The molecule has 4 aromatic rings. The average molecular weight is 616 g/mol. The lowest BCUT2D eigenvalue weighted by atomic mass is 9.80. The number of ether oxygens (including phenoxy) is 1. The Morgan fingerprint density at radius 2 is 1.67 bits per heavy atom. The number of hydrogen-bond donors (Lipinski definition) is 0. The summed E-state index contributed by atoms with van der Waals surface area (Å²) < 4.78 is 76.6. The van der Waals surface area contributed by atoms with Crippen molar-refractivity contribution in [2.45, 2.75) is 38.5 Å². The summed E-state index contributed by atoms with van der Waals surface area (Å²) in [7, 11) is 0. The van der Waals surface area contributed by atoms with Gasteiger partial charge in [0.05, 0.1) is 11.1 Å². The number of benzene rings is 4. The van der Waals surface area contributed by atoms with Crippen LogP contribution >= 0.6 is 0 Å². The number of nitrogens with zero attached hydrogens (tertiary/aromatic N) is 1. The van der Waals surface area contributed by atoms with Crippen molar-refractivity contribution in [3.8, 4) is 11.8 Å². The Kier molecular flexibility index (Phi) is 8.96. The summed E-state index contributed by atoms with van der Waals surface area (Å²) in [6, 6.07) is 21.3. The first kappa shape index (κ1) is 31.3. The Labute approximate surface area is 256 Å². The monoisotopic (exact) mass is 615 g/mol. The lowest BCUT2D eigenvalue weighted by Crippen LogP contribution is -2.23. The number of Topliss-reactive ketones (excluding diaryl/α,β-unsaturated/α-hetero) is 2. The molecule has 0 aromatic heterocycles. The van der Waals surface area contributed by atoms with E-state index in [2.05, 4.69) is 0 Å². The molecule has 0 fully saturated rings. The van der Waals surface area contributed by atoms with Gasteiger partial charge in [-0.15, -0.1) is 0 Å². The fourth-order valence-electron chi connectivity index (χ4n) is 5.85. The summed E-state index contributed by atoms with van der Waals surface area (Å²) in [5, 5.41) is 8.94. The van der Waals surface area contributed by atoms with Crippen LogP contribution in [-0.4, -0.2) is 11.6 Å². The van der Waals surface area contributed by atoms with Gasteiger partial charge in [-0.05, 0) is 77.1 Å². The summed E-state index contributed by atoms with van der Waals surface area (Å²) in [6.07, 6.45) is -2.73. The van der Waals surface area contributed by atoms with Crippen LogP contribution in [0.15, 0.2) is 91.0 Å². The molecule has 4 aromatic carbocycles. The summed E-state index contributed by atoms with van der Waals surface area (Å²) >= 11 is 0. The number of allylic oxidation sites excluding steroid dienone is 2. The Hall–Kier alpha value is -5.10. The van der Waals surface area contributed by atoms with E-state index in [1.807, 2.05) is 6.92 Å². The molecule has 45 heavy (non-hydrogen) atoms. The van der Waals surface area contributed by atoms with E-state index in [4.69, 9.17) is 10.00 Å². The molecule has 228 valence electrons. The molecule has 9 heteroatoms. The van der Waals surface area contributed by atoms with Crippen molar-refractivity contribution in [1.82, 2.24) is 0 Å². The van der Waals surface area contributed by atoms with Crippen molar-refractivity contribution < 1.29 is 36.3 Å². The molecule has 0 saturated heterocycles. The van der Waals surface area contributed by atoms with Gasteiger partial charge in [-0.3, -0.25) is 9.59 Å². The largest absolute Gasteiger partial charge is 0.489 e. The van der Waals surface area contributed by atoms with Crippen molar-refractivity contribution in [1.29, 1.82) is 5.26 Å². The standard InChI is InChI=1S/C36H26F5NO3/c1-2-26-27(8-4-11-33(26)45-20-21-6-3-7-23(16-21)32(43)19-42)28-17-24(22-12-14-25(37)15-13-22)18-29(28)35(44)34-30(36(39,40)41)9-5-10-31(34)38/h3-16,18,28-29H,2,17,20H2,1H3. The highest BCUT2D eigenvalue weighted by Gasteiger charge is 2.42. The number of rotatable bonds is 9.